The van der Waals surface area contributed by atoms with Gasteiger partial charge in [-0.05, 0) is 136 Å². The highest BCUT2D eigenvalue weighted by Gasteiger charge is 2.80. The number of aliphatic hydroxyl groups excluding tert-OH is 1. The van der Waals surface area contributed by atoms with E-state index in [1.807, 2.05) is 4.90 Å². The molecule has 7 nitrogen and oxygen atoms in total. The highest BCUT2D eigenvalue weighted by atomic mass is 16.7. The number of hydrogen-bond acceptors (Lipinski definition) is 6. The van der Waals surface area contributed by atoms with E-state index < -0.39 is 11.7 Å². The van der Waals surface area contributed by atoms with Gasteiger partial charge in [0.1, 0.15) is 6.10 Å². The van der Waals surface area contributed by atoms with Crippen LogP contribution in [0.1, 0.15) is 118 Å². The Morgan fingerprint density at radius 3 is 2.45 bits per heavy atom. The van der Waals surface area contributed by atoms with E-state index in [1.165, 1.54) is 44.9 Å². The molecule has 0 bridgehead atoms. The van der Waals surface area contributed by atoms with Gasteiger partial charge < -0.3 is 29.3 Å². The van der Waals surface area contributed by atoms with E-state index in [1.54, 1.807) is 13.8 Å². The number of nitrogens with zero attached hydrogens (tertiary/aromatic N) is 1. The summed E-state index contributed by atoms with van der Waals surface area (Å²) in [5, 5.41) is 21.3. The normalized spacial score (nSPS) is 50.3. The third kappa shape index (κ3) is 4.26. The molecule has 8 fully saturated rings. The summed E-state index contributed by atoms with van der Waals surface area (Å²) in [6.45, 7) is 12.8. The second kappa shape index (κ2) is 10.1. The average molecular weight is 614 g/mol. The zero-order valence-electron chi connectivity index (χ0n) is 28.1. The lowest BCUT2D eigenvalue weighted by molar-refractivity contribution is -0.245. The summed E-state index contributed by atoms with van der Waals surface area (Å²) in [7, 11) is 0. The van der Waals surface area contributed by atoms with Gasteiger partial charge in [-0.1, -0.05) is 27.2 Å². The zero-order valence-corrected chi connectivity index (χ0v) is 28.1. The molecule has 8 aliphatic rings. The van der Waals surface area contributed by atoms with Gasteiger partial charge in [-0.3, -0.25) is 4.79 Å². The molecule has 6 saturated carbocycles. The Hall–Kier alpha value is -0.730. The molecule has 0 aromatic rings. The number of carbonyl (C=O) groups is 1. The van der Waals surface area contributed by atoms with Crippen LogP contribution in [0.2, 0.25) is 0 Å². The summed E-state index contributed by atoms with van der Waals surface area (Å²) in [5.74, 6) is 3.29. The maximum absolute atomic E-state index is 13.0. The van der Waals surface area contributed by atoms with Crippen LogP contribution in [-0.2, 0) is 19.0 Å². The minimum atomic E-state index is -1.14. The Kier molecular flexibility index (Phi) is 7.05. The molecule has 2 saturated heterocycles. The second-order valence-electron chi connectivity index (χ2n) is 18.3. The highest BCUT2D eigenvalue weighted by Crippen LogP contribution is 2.87. The number of aliphatic hydroxyl groups is 2. The van der Waals surface area contributed by atoms with Crippen LogP contribution in [0, 0.1) is 51.2 Å². The van der Waals surface area contributed by atoms with Crippen molar-refractivity contribution in [3.05, 3.63) is 0 Å². The lowest BCUT2D eigenvalue weighted by Gasteiger charge is -2.60. The molecule has 2 spiro atoms. The standard InChI is InChI=1S/C37H59NO6/c1-33(2)28-12-10-23-25-19-27-24(9-11-26(43-27)31(39)34(3,4)41)35(25,5)15-16-36(23)21-37(28,36)14-13-29(33)44-30-20-38(17-18-42-30)32(40)22-7-6-8-22/h22-31,39,41H,6-21H2,1-5H3/t23?,24?,25?,26?,27?,28?,29-,30?,31-,35?,36-,37?/m0/s1. The van der Waals surface area contributed by atoms with Gasteiger partial charge >= 0.3 is 0 Å². The lowest BCUT2D eigenvalue weighted by atomic mass is 9.46. The molecule has 0 aromatic heterocycles. The van der Waals surface area contributed by atoms with Crippen LogP contribution in [-0.4, -0.2) is 77.0 Å². The molecule has 12 atom stereocenters. The van der Waals surface area contributed by atoms with E-state index in [0.717, 1.165) is 44.4 Å². The number of fused-ring (bicyclic) bond motifs is 4. The quantitative estimate of drug-likeness (QED) is 0.414. The maximum atomic E-state index is 13.0. The first-order valence-electron chi connectivity index (χ1n) is 18.4. The van der Waals surface area contributed by atoms with Crippen LogP contribution in [0.4, 0.5) is 0 Å². The molecule has 2 N–H and O–H groups in total. The van der Waals surface area contributed by atoms with Crippen molar-refractivity contribution >= 4 is 5.91 Å². The third-order valence-electron chi connectivity index (χ3n) is 15.8. The molecule has 7 heteroatoms. The van der Waals surface area contributed by atoms with Crippen molar-refractivity contribution in [2.24, 2.45) is 51.2 Å². The summed E-state index contributed by atoms with van der Waals surface area (Å²) >= 11 is 0. The molecule has 248 valence electrons. The summed E-state index contributed by atoms with van der Waals surface area (Å²) in [6.07, 6.45) is 14.4. The first kappa shape index (κ1) is 30.6. The van der Waals surface area contributed by atoms with Crippen molar-refractivity contribution in [2.75, 3.05) is 19.7 Å². The predicted octanol–water partition coefficient (Wildman–Crippen LogP) is 5.69. The van der Waals surface area contributed by atoms with Gasteiger partial charge in [0.25, 0.3) is 0 Å². The average Bonchev–Trinajstić information content (AvgIpc) is 3.52. The first-order chi connectivity index (χ1) is 20.8. The van der Waals surface area contributed by atoms with Crippen LogP contribution in [0.3, 0.4) is 0 Å². The number of ether oxygens (including phenoxy) is 3. The van der Waals surface area contributed by atoms with Crippen molar-refractivity contribution in [3.63, 3.8) is 0 Å². The SMILES string of the molecule is CC12CC[C@@]34CC35CC[C@H](OC3CN(C(=O)C6CCC6)CCO3)C(C)(C)C5CCC4C1CC1OC([C@H](O)C(C)(C)O)CCC12. The fourth-order valence-corrected chi connectivity index (χ4v) is 13.2. The van der Waals surface area contributed by atoms with Crippen molar-refractivity contribution in [2.45, 2.75) is 154 Å². The van der Waals surface area contributed by atoms with Crippen LogP contribution in [0.5, 0.6) is 0 Å². The van der Waals surface area contributed by atoms with Gasteiger partial charge in [-0.25, -0.2) is 0 Å². The smallest absolute Gasteiger partial charge is 0.225 e. The van der Waals surface area contributed by atoms with Gasteiger partial charge in [0, 0.05) is 12.5 Å². The predicted molar refractivity (Wildman–Crippen MR) is 166 cm³/mol. The maximum Gasteiger partial charge on any atom is 0.225 e. The number of amides is 1. The molecule has 2 aliphatic heterocycles. The second-order valence-corrected chi connectivity index (χ2v) is 18.3. The Morgan fingerprint density at radius 1 is 0.955 bits per heavy atom. The summed E-state index contributed by atoms with van der Waals surface area (Å²) < 4.78 is 19.7. The van der Waals surface area contributed by atoms with Gasteiger partial charge in [0.05, 0.1) is 37.1 Å². The van der Waals surface area contributed by atoms with E-state index in [4.69, 9.17) is 14.2 Å². The largest absolute Gasteiger partial charge is 0.388 e. The summed E-state index contributed by atoms with van der Waals surface area (Å²) in [5.41, 5.74) is 0.216. The van der Waals surface area contributed by atoms with Gasteiger partial charge in [0.2, 0.25) is 5.91 Å². The van der Waals surface area contributed by atoms with Gasteiger partial charge in [0.15, 0.2) is 6.29 Å². The van der Waals surface area contributed by atoms with E-state index in [0.29, 0.717) is 59.6 Å². The van der Waals surface area contributed by atoms with Gasteiger partial charge in [-0.2, -0.15) is 0 Å². The monoisotopic (exact) mass is 613 g/mol. The van der Waals surface area contributed by atoms with Crippen molar-refractivity contribution in [1.82, 2.24) is 4.90 Å². The van der Waals surface area contributed by atoms with E-state index in [9.17, 15) is 15.0 Å². The molecule has 9 unspecified atom stereocenters. The van der Waals surface area contributed by atoms with E-state index >= 15 is 0 Å². The lowest BCUT2D eigenvalue weighted by Crippen LogP contribution is -2.56. The molecule has 6 aliphatic carbocycles. The molecule has 0 radical (unpaired) electrons. The van der Waals surface area contributed by atoms with Crippen LogP contribution in [0.25, 0.3) is 0 Å². The number of hydrogen-bond donors (Lipinski definition) is 2. The van der Waals surface area contributed by atoms with E-state index in [2.05, 4.69) is 20.8 Å². The third-order valence-corrected chi connectivity index (χ3v) is 15.8. The topological polar surface area (TPSA) is 88.5 Å². The summed E-state index contributed by atoms with van der Waals surface area (Å²) in [6, 6.07) is 0. The number of morpholine rings is 1. The fourth-order valence-electron chi connectivity index (χ4n) is 13.2. The highest BCUT2D eigenvalue weighted by molar-refractivity contribution is 5.79. The molecule has 0 aromatic carbocycles. The number of rotatable bonds is 5. The Bertz CT molecular complexity index is 1150. The van der Waals surface area contributed by atoms with Crippen LogP contribution < -0.4 is 0 Å². The van der Waals surface area contributed by atoms with Crippen LogP contribution in [0.15, 0.2) is 0 Å². The molecular weight excluding hydrogens is 554 g/mol. The van der Waals surface area contributed by atoms with Crippen molar-refractivity contribution in [1.29, 1.82) is 0 Å². The molecule has 44 heavy (non-hydrogen) atoms. The fraction of sp³-hybridized carbons (Fsp3) is 0.973. The van der Waals surface area contributed by atoms with Crippen LogP contribution >= 0.6 is 0 Å². The molecule has 2 heterocycles. The minimum Gasteiger partial charge on any atom is -0.388 e. The molecule has 1 amide bonds. The minimum absolute atomic E-state index is 0.0876. The zero-order chi connectivity index (χ0) is 30.9. The van der Waals surface area contributed by atoms with Crippen molar-refractivity contribution < 1.29 is 29.2 Å². The number of carbonyl (C=O) groups excluding carboxylic acids is 1. The first-order valence-corrected chi connectivity index (χ1v) is 18.4. The Morgan fingerprint density at radius 2 is 1.73 bits per heavy atom. The molecular formula is C37H59NO6. The Labute approximate surface area is 265 Å². The van der Waals surface area contributed by atoms with Crippen molar-refractivity contribution in [3.8, 4) is 0 Å². The summed E-state index contributed by atoms with van der Waals surface area (Å²) in [4.78, 5) is 15.0. The van der Waals surface area contributed by atoms with E-state index in [-0.39, 0.29) is 35.9 Å². The molecule has 8 rings (SSSR count). The van der Waals surface area contributed by atoms with Gasteiger partial charge in [-0.15, -0.1) is 0 Å². The Balaban J connectivity index is 0.957.